The van der Waals surface area contributed by atoms with E-state index in [-0.39, 0.29) is 11.1 Å². The number of piperidine rings is 1. The summed E-state index contributed by atoms with van der Waals surface area (Å²) in [5, 5.41) is 19.2. The summed E-state index contributed by atoms with van der Waals surface area (Å²) >= 11 is 6.22. The van der Waals surface area contributed by atoms with E-state index < -0.39 is 11.7 Å². The zero-order valence-electron chi connectivity index (χ0n) is 13.9. The Morgan fingerprint density at radius 2 is 1.92 bits per heavy atom. The average molecular weight is 360 g/mol. The number of nitrogens with two attached hydrogens (primary N) is 1. The zero-order valence-corrected chi connectivity index (χ0v) is 14.6. The largest absolute Gasteiger partial charge is 0.443 e. The molecule has 1 aliphatic carbocycles. The van der Waals surface area contributed by atoms with Gasteiger partial charge in [-0.25, -0.2) is 9.78 Å². The van der Waals surface area contributed by atoms with Gasteiger partial charge in [-0.3, -0.25) is 0 Å². The van der Waals surface area contributed by atoms with Gasteiger partial charge < -0.3 is 15.4 Å². The smallest absolute Gasteiger partial charge is 0.405 e. The molecule has 2 aliphatic rings. The molecular weight excluding hydrogens is 342 g/mol. The maximum Gasteiger partial charge on any atom is 0.405 e. The predicted octanol–water partition coefficient (Wildman–Crippen LogP) is 2.81. The number of carbonyl (C=O) groups is 1. The van der Waals surface area contributed by atoms with Crippen molar-refractivity contribution in [3.05, 3.63) is 21.8 Å². The number of halogens is 1. The molecule has 1 aliphatic heterocycles. The van der Waals surface area contributed by atoms with Gasteiger partial charge in [-0.15, -0.1) is 0 Å². The van der Waals surface area contributed by atoms with Gasteiger partial charge in [0.15, 0.2) is 0 Å². The molecule has 0 bridgehead atoms. The van der Waals surface area contributed by atoms with Crippen molar-refractivity contribution in [1.29, 1.82) is 10.5 Å². The number of nitrogens with zero attached hydrogens (tertiary/aromatic N) is 4. The predicted molar refractivity (Wildman–Crippen MR) is 91.2 cm³/mol. The summed E-state index contributed by atoms with van der Waals surface area (Å²) in [6.45, 7) is 2.95. The molecule has 7 nitrogen and oxygen atoms in total. The van der Waals surface area contributed by atoms with E-state index in [0.29, 0.717) is 42.9 Å². The number of primary amides is 1. The Bertz CT molecular complexity index is 799. The standard InChI is InChI=1S/C17H18ClN5O2/c1-17(25-16(21)24)4-6-23(7-5-17)15-12(9-20)13(10-2-3-10)11(8-19)14(18)22-15/h10H,2-7H2,1H3,(H2,21,24). The van der Waals surface area contributed by atoms with Gasteiger partial charge in [0.05, 0.1) is 11.1 Å². The molecule has 0 atom stereocenters. The number of ether oxygens (including phenoxy) is 1. The fourth-order valence-electron chi connectivity index (χ4n) is 3.32. The second kappa shape index (κ2) is 6.42. The fraction of sp³-hybridized carbons (Fsp3) is 0.529. The van der Waals surface area contributed by atoms with Crippen molar-refractivity contribution < 1.29 is 9.53 Å². The molecule has 2 fully saturated rings. The molecule has 1 aromatic heterocycles. The lowest BCUT2D eigenvalue weighted by atomic mass is 9.92. The Kier molecular flexibility index (Phi) is 4.45. The Morgan fingerprint density at radius 1 is 1.32 bits per heavy atom. The third-order valence-corrected chi connectivity index (χ3v) is 5.12. The second-order valence-electron chi connectivity index (χ2n) is 6.75. The molecule has 1 amide bonds. The molecule has 2 N–H and O–H groups in total. The Labute approximate surface area is 150 Å². The normalized spacial score (nSPS) is 19.0. The first kappa shape index (κ1) is 17.3. The van der Waals surface area contributed by atoms with Gasteiger partial charge in [0.1, 0.15) is 28.7 Å². The summed E-state index contributed by atoms with van der Waals surface area (Å²) < 4.78 is 5.21. The number of rotatable bonds is 3. The summed E-state index contributed by atoms with van der Waals surface area (Å²) in [4.78, 5) is 17.3. The summed E-state index contributed by atoms with van der Waals surface area (Å²) in [6.07, 6.45) is 2.25. The van der Waals surface area contributed by atoms with E-state index in [1.807, 2.05) is 11.8 Å². The molecule has 2 heterocycles. The molecule has 0 aromatic carbocycles. The topological polar surface area (TPSA) is 116 Å². The number of nitriles is 2. The number of hydrogen-bond acceptors (Lipinski definition) is 6. The molecule has 25 heavy (non-hydrogen) atoms. The summed E-state index contributed by atoms with van der Waals surface area (Å²) in [5.74, 6) is 0.714. The molecule has 1 saturated carbocycles. The van der Waals surface area contributed by atoms with Crippen LogP contribution in [0.25, 0.3) is 0 Å². The molecular formula is C17H18ClN5O2. The lowest BCUT2D eigenvalue weighted by Gasteiger charge is -2.39. The number of amides is 1. The minimum atomic E-state index is -0.788. The van der Waals surface area contributed by atoms with E-state index >= 15 is 0 Å². The van der Waals surface area contributed by atoms with Crippen molar-refractivity contribution in [3.63, 3.8) is 0 Å². The van der Waals surface area contributed by atoms with Crippen molar-refractivity contribution in [2.24, 2.45) is 5.73 Å². The van der Waals surface area contributed by atoms with Crippen LogP contribution in [-0.4, -0.2) is 29.8 Å². The van der Waals surface area contributed by atoms with E-state index in [2.05, 4.69) is 17.1 Å². The third-order valence-electron chi connectivity index (χ3n) is 4.85. The fourth-order valence-corrected chi connectivity index (χ4v) is 3.55. The van der Waals surface area contributed by atoms with Crippen molar-refractivity contribution in [3.8, 4) is 12.1 Å². The molecule has 3 rings (SSSR count). The summed E-state index contributed by atoms with van der Waals surface area (Å²) in [6, 6.07) is 4.31. The lowest BCUT2D eigenvalue weighted by Crippen LogP contribution is -2.46. The summed E-state index contributed by atoms with van der Waals surface area (Å²) in [7, 11) is 0. The van der Waals surface area contributed by atoms with E-state index in [9.17, 15) is 15.3 Å². The van der Waals surface area contributed by atoms with Gasteiger partial charge >= 0.3 is 6.09 Å². The van der Waals surface area contributed by atoms with Crippen LogP contribution in [0.3, 0.4) is 0 Å². The van der Waals surface area contributed by atoms with Gasteiger partial charge in [0.2, 0.25) is 0 Å². The van der Waals surface area contributed by atoms with Crippen LogP contribution in [-0.2, 0) is 4.74 Å². The number of aromatic nitrogens is 1. The van der Waals surface area contributed by atoms with Gasteiger partial charge in [-0.2, -0.15) is 10.5 Å². The maximum absolute atomic E-state index is 11.0. The van der Waals surface area contributed by atoms with Gasteiger partial charge in [-0.1, -0.05) is 11.6 Å². The molecule has 1 aromatic rings. The van der Waals surface area contributed by atoms with Gasteiger partial charge in [0, 0.05) is 25.9 Å². The van der Waals surface area contributed by atoms with E-state index in [0.717, 1.165) is 18.4 Å². The molecule has 1 saturated heterocycles. The molecule has 8 heteroatoms. The van der Waals surface area contributed by atoms with Crippen LogP contribution in [0.15, 0.2) is 0 Å². The van der Waals surface area contributed by atoms with E-state index in [1.54, 1.807) is 0 Å². The van der Waals surface area contributed by atoms with Crippen LogP contribution in [0.4, 0.5) is 10.6 Å². The van der Waals surface area contributed by atoms with Gasteiger partial charge in [-0.05, 0) is 31.2 Å². The minimum Gasteiger partial charge on any atom is -0.443 e. The summed E-state index contributed by atoms with van der Waals surface area (Å²) in [5.41, 5.74) is 5.98. The first-order valence-electron chi connectivity index (χ1n) is 8.15. The Hall–Kier alpha value is -2.51. The molecule has 130 valence electrons. The SMILES string of the molecule is CC1(OC(N)=O)CCN(c2nc(Cl)c(C#N)c(C3CC3)c2C#N)CC1. The van der Waals surface area contributed by atoms with Crippen molar-refractivity contribution in [1.82, 2.24) is 4.98 Å². The number of hydrogen-bond donors (Lipinski definition) is 1. The van der Waals surface area contributed by atoms with Crippen LogP contribution in [0, 0.1) is 22.7 Å². The minimum absolute atomic E-state index is 0.139. The number of anilines is 1. The quantitative estimate of drug-likeness (QED) is 0.829. The van der Waals surface area contributed by atoms with Gasteiger partial charge in [0.25, 0.3) is 0 Å². The van der Waals surface area contributed by atoms with Crippen LogP contribution < -0.4 is 10.6 Å². The highest BCUT2D eigenvalue weighted by Crippen LogP contribution is 2.46. The highest BCUT2D eigenvalue weighted by Gasteiger charge is 2.37. The molecule has 0 unspecified atom stereocenters. The second-order valence-corrected chi connectivity index (χ2v) is 7.10. The van der Waals surface area contributed by atoms with Crippen molar-refractivity contribution in [2.45, 2.75) is 44.1 Å². The lowest BCUT2D eigenvalue weighted by molar-refractivity contribution is 0.0126. The highest BCUT2D eigenvalue weighted by molar-refractivity contribution is 6.30. The van der Waals surface area contributed by atoms with E-state index in [1.165, 1.54) is 0 Å². The number of carbonyl (C=O) groups excluding carboxylic acids is 1. The van der Waals surface area contributed by atoms with Crippen LogP contribution in [0.1, 0.15) is 55.2 Å². The zero-order chi connectivity index (χ0) is 18.2. The maximum atomic E-state index is 11.0. The van der Waals surface area contributed by atoms with Crippen LogP contribution in [0.5, 0.6) is 0 Å². The first-order chi connectivity index (χ1) is 11.9. The first-order valence-corrected chi connectivity index (χ1v) is 8.53. The Balaban J connectivity index is 1.93. The third kappa shape index (κ3) is 3.33. The van der Waals surface area contributed by atoms with Crippen molar-refractivity contribution >= 4 is 23.5 Å². The highest BCUT2D eigenvalue weighted by atomic mass is 35.5. The van der Waals surface area contributed by atoms with Crippen LogP contribution in [0.2, 0.25) is 5.15 Å². The van der Waals surface area contributed by atoms with Crippen molar-refractivity contribution in [2.75, 3.05) is 18.0 Å². The van der Waals surface area contributed by atoms with E-state index in [4.69, 9.17) is 22.1 Å². The Morgan fingerprint density at radius 3 is 2.40 bits per heavy atom. The monoisotopic (exact) mass is 359 g/mol. The molecule has 0 spiro atoms. The van der Waals surface area contributed by atoms with Crippen LogP contribution >= 0.6 is 11.6 Å². The average Bonchev–Trinajstić information content (AvgIpc) is 3.38. The molecule has 0 radical (unpaired) electrons. The number of pyridine rings is 1.